The van der Waals surface area contributed by atoms with Crippen LogP contribution < -0.4 is 4.90 Å². The molecule has 2 amide bonds. The Morgan fingerprint density at radius 2 is 1.65 bits per heavy atom. The molecular formula is C16H14ClF4NO4. The minimum Gasteiger partial charge on any atom is -0.348 e. The minimum absolute atomic E-state index is 0.0387. The summed E-state index contributed by atoms with van der Waals surface area (Å²) in [6, 6.07) is 1.99. The molecule has 1 aromatic carbocycles. The number of piperidine rings is 1. The first-order chi connectivity index (χ1) is 12.2. The molecule has 26 heavy (non-hydrogen) atoms. The first kappa shape index (κ1) is 19.1. The van der Waals surface area contributed by atoms with Crippen LogP contribution >= 0.6 is 11.6 Å². The van der Waals surface area contributed by atoms with Gasteiger partial charge in [-0.2, -0.15) is 13.2 Å². The van der Waals surface area contributed by atoms with Gasteiger partial charge in [-0.25, -0.2) is 9.29 Å². The number of benzene rings is 1. The van der Waals surface area contributed by atoms with Crippen molar-refractivity contribution in [3.8, 4) is 0 Å². The van der Waals surface area contributed by atoms with Crippen molar-refractivity contribution in [1.29, 1.82) is 0 Å². The van der Waals surface area contributed by atoms with E-state index in [4.69, 9.17) is 21.1 Å². The standard InChI is InChI=1S/C16H14ClF4NO4/c17-10-7-11(18)12(6-9(10)15-25-2-1-3-26-15)22-13(23)4-8(5-14(22)24)16(19,20)21/h6-8,15H,1-5H2. The van der Waals surface area contributed by atoms with Gasteiger partial charge >= 0.3 is 6.18 Å². The normalized spacial score (nSPS) is 20.7. The van der Waals surface area contributed by atoms with Crippen molar-refractivity contribution < 1.29 is 36.6 Å². The maximum absolute atomic E-state index is 14.3. The number of carbonyl (C=O) groups is 2. The Labute approximate surface area is 150 Å². The zero-order valence-electron chi connectivity index (χ0n) is 13.3. The van der Waals surface area contributed by atoms with Crippen LogP contribution in [0, 0.1) is 11.7 Å². The van der Waals surface area contributed by atoms with E-state index in [2.05, 4.69) is 0 Å². The molecule has 3 rings (SSSR count). The lowest BCUT2D eigenvalue weighted by Crippen LogP contribution is -2.47. The van der Waals surface area contributed by atoms with Crippen molar-refractivity contribution >= 4 is 29.1 Å². The van der Waals surface area contributed by atoms with E-state index in [0.29, 0.717) is 24.5 Å². The maximum Gasteiger partial charge on any atom is 0.392 e. The molecule has 0 spiro atoms. The monoisotopic (exact) mass is 395 g/mol. The third-order valence-electron chi connectivity index (χ3n) is 4.19. The third-order valence-corrected chi connectivity index (χ3v) is 4.52. The largest absolute Gasteiger partial charge is 0.392 e. The number of hydrogen-bond donors (Lipinski definition) is 0. The summed E-state index contributed by atoms with van der Waals surface area (Å²) in [7, 11) is 0. The number of carbonyl (C=O) groups excluding carboxylic acids is 2. The van der Waals surface area contributed by atoms with Gasteiger partial charge in [-0.15, -0.1) is 0 Å². The predicted molar refractivity (Wildman–Crippen MR) is 81.9 cm³/mol. The Morgan fingerprint density at radius 1 is 1.08 bits per heavy atom. The maximum atomic E-state index is 14.3. The van der Waals surface area contributed by atoms with Gasteiger partial charge in [0.2, 0.25) is 11.8 Å². The number of alkyl halides is 3. The summed E-state index contributed by atoms with van der Waals surface area (Å²) in [4.78, 5) is 24.7. The predicted octanol–water partition coefficient (Wildman–Crippen LogP) is 3.75. The Balaban J connectivity index is 1.93. The molecule has 0 atom stereocenters. The molecule has 10 heteroatoms. The number of amides is 2. The van der Waals surface area contributed by atoms with E-state index in [0.717, 1.165) is 12.1 Å². The number of rotatable bonds is 2. The molecule has 0 aliphatic carbocycles. The number of halogens is 5. The number of anilines is 1. The molecule has 5 nitrogen and oxygen atoms in total. The lowest BCUT2D eigenvalue weighted by molar-refractivity contribution is -0.185. The molecule has 0 bridgehead atoms. The van der Waals surface area contributed by atoms with Crippen molar-refractivity contribution in [1.82, 2.24) is 0 Å². The van der Waals surface area contributed by atoms with E-state index in [1.165, 1.54) is 0 Å². The van der Waals surface area contributed by atoms with Gasteiger partial charge in [0, 0.05) is 18.4 Å². The smallest absolute Gasteiger partial charge is 0.348 e. The summed E-state index contributed by atoms with van der Waals surface area (Å²) in [5.41, 5.74) is -0.265. The molecular weight excluding hydrogens is 382 g/mol. The summed E-state index contributed by atoms with van der Waals surface area (Å²) < 4.78 is 63.5. The lowest BCUT2D eigenvalue weighted by atomic mass is 9.94. The molecule has 0 saturated carbocycles. The molecule has 2 heterocycles. The highest BCUT2D eigenvalue weighted by Crippen LogP contribution is 2.39. The van der Waals surface area contributed by atoms with Crippen molar-refractivity contribution in [3.63, 3.8) is 0 Å². The summed E-state index contributed by atoms with van der Waals surface area (Å²) >= 11 is 5.99. The summed E-state index contributed by atoms with van der Waals surface area (Å²) in [6.07, 6.45) is -6.78. The molecule has 2 aliphatic rings. The Hall–Kier alpha value is -1.71. The van der Waals surface area contributed by atoms with Gasteiger partial charge in [0.15, 0.2) is 6.29 Å². The zero-order valence-corrected chi connectivity index (χ0v) is 14.1. The molecule has 0 unspecified atom stereocenters. The van der Waals surface area contributed by atoms with Crippen LogP contribution in [0.3, 0.4) is 0 Å². The number of nitrogens with zero attached hydrogens (tertiary/aromatic N) is 1. The fraction of sp³-hybridized carbons (Fsp3) is 0.500. The number of imide groups is 1. The molecule has 0 radical (unpaired) electrons. The van der Waals surface area contributed by atoms with Gasteiger partial charge in [0.1, 0.15) is 5.82 Å². The SMILES string of the molecule is O=C1CC(C(F)(F)F)CC(=O)N1c1cc(C2OCCCO2)c(Cl)cc1F. The van der Waals surface area contributed by atoms with E-state index in [1.807, 2.05) is 0 Å². The van der Waals surface area contributed by atoms with Gasteiger partial charge < -0.3 is 9.47 Å². The van der Waals surface area contributed by atoms with Crippen LogP contribution in [0.5, 0.6) is 0 Å². The fourth-order valence-electron chi connectivity index (χ4n) is 2.89. The zero-order chi connectivity index (χ0) is 19.1. The molecule has 2 saturated heterocycles. The van der Waals surface area contributed by atoms with Gasteiger partial charge in [-0.05, 0) is 18.6 Å². The van der Waals surface area contributed by atoms with Gasteiger partial charge in [-0.3, -0.25) is 9.59 Å². The highest BCUT2D eigenvalue weighted by molar-refractivity contribution is 6.31. The Morgan fingerprint density at radius 3 is 2.19 bits per heavy atom. The van der Waals surface area contributed by atoms with Gasteiger partial charge in [-0.1, -0.05) is 11.6 Å². The highest BCUT2D eigenvalue weighted by atomic mass is 35.5. The molecule has 2 aliphatic heterocycles. The van der Waals surface area contributed by atoms with E-state index >= 15 is 0 Å². The fourth-order valence-corrected chi connectivity index (χ4v) is 3.13. The molecule has 0 aromatic heterocycles. The molecule has 2 fully saturated rings. The van der Waals surface area contributed by atoms with E-state index in [1.54, 1.807) is 0 Å². The van der Waals surface area contributed by atoms with Crippen LogP contribution in [-0.4, -0.2) is 31.2 Å². The summed E-state index contributed by atoms with van der Waals surface area (Å²) in [6.45, 7) is 0.755. The average Bonchev–Trinajstić information content (AvgIpc) is 2.56. The van der Waals surface area contributed by atoms with Gasteiger partial charge in [0.25, 0.3) is 0 Å². The van der Waals surface area contributed by atoms with Crippen LogP contribution in [0.15, 0.2) is 12.1 Å². The van der Waals surface area contributed by atoms with Crippen LogP contribution in [0.2, 0.25) is 5.02 Å². The molecule has 0 N–H and O–H groups in total. The van der Waals surface area contributed by atoms with Crippen molar-refractivity contribution in [2.75, 3.05) is 18.1 Å². The quantitative estimate of drug-likeness (QED) is 0.565. The minimum atomic E-state index is -4.68. The molecule has 142 valence electrons. The Kier molecular flexibility index (Phi) is 5.23. The lowest BCUT2D eigenvalue weighted by Gasteiger charge is -2.32. The van der Waals surface area contributed by atoms with E-state index in [-0.39, 0.29) is 10.6 Å². The van der Waals surface area contributed by atoms with Crippen molar-refractivity contribution in [3.05, 3.63) is 28.5 Å². The van der Waals surface area contributed by atoms with Crippen LogP contribution in [0.4, 0.5) is 23.2 Å². The first-order valence-electron chi connectivity index (χ1n) is 7.83. The highest BCUT2D eigenvalue weighted by Gasteiger charge is 2.48. The Bertz CT molecular complexity index is 716. The number of ether oxygens (including phenoxy) is 2. The van der Waals surface area contributed by atoms with Crippen molar-refractivity contribution in [2.24, 2.45) is 5.92 Å². The second kappa shape index (κ2) is 7.13. The van der Waals surface area contributed by atoms with Crippen molar-refractivity contribution in [2.45, 2.75) is 31.7 Å². The van der Waals surface area contributed by atoms with E-state index < -0.39 is 54.5 Å². The second-order valence-corrected chi connectivity index (χ2v) is 6.43. The number of hydrogen-bond acceptors (Lipinski definition) is 4. The van der Waals surface area contributed by atoms with Crippen LogP contribution in [0.25, 0.3) is 0 Å². The van der Waals surface area contributed by atoms with E-state index in [9.17, 15) is 27.2 Å². The first-order valence-corrected chi connectivity index (χ1v) is 8.21. The van der Waals surface area contributed by atoms with Crippen LogP contribution in [-0.2, 0) is 19.1 Å². The second-order valence-electron chi connectivity index (χ2n) is 6.02. The summed E-state index contributed by atoms with van der Waals surface area (Å²) in [5.74, 6) is -5.32. The average molecular weight is 396 g/mol. The molecule has 1 aromatic rings. The van der Waals surface area contributed by atoms with Crippen LogP contribution in [0.1, 0.15) is 31.1 Å². The third kappa shape index (κ3) is 3.70. The topological polar surface area (TPSA) is 55.8 Å². The van der Waals surface area contributed by atoms with Gasteiger partial charge in [0.05, 0.1) is 29.8 Å². The summed E-state index contributed by atoms with van der Waals surface area (Å²) in [5, 5.41) is -0.0387.